The lowest BCUT2D eigenvalue weighted by atomic mass is 9.87. The molecule has 1 atom stereocenters. The standard InChI is InChI=1S/C30H31F2N5O6/c1-37-12-11-35-28(37)20-14-19(41-18-6-3-16(4-7-18)30(39)40-2)8-10-23(20)42-26-21(31)15-36-29(25(26)32)43-24-13-17(27(33)34)5-9-22(24)38/h5,8-11,13-16,18,28,38H,3-4,6-7,12H2,1-2H3,(H3,33,34). The van der Waals surface area contributed by atoms with Gasteiger partial charge in [0.05, 0.1) is 25.3 Å². The number of nitrogens with one attached hydrogen (secondary N) is 1. The zero-order chi connectivity index (χ0) is 30.7. The van der Waals surface area contributed by atoms with Gasteiger partial charge >= 0.3 is 5.97 Å². The van der Waals surface area contributed by atoms with Crippen molar-refractivity contribution in [1.82, 2.24) is 9.88 Å². The summed E-state index contributed by atoms with van der Waals surface area (Å²) in [6, 6.07) is 8.77. The molecule has 13 heteroatoms. The largest absolute Gasteiger partial charge is 0.504 e. The number of esters is 1. The van der Waals surface area contributed by atoms with E-state index in [-0.39, 0.29) is 46.6 Å². The predicted molar refractivity (Wildman–Crippen MR) is 152 cm³/mol. The fourth-order valence-electron chi connectivity index (χ4n) is 5.05. The third-order valence-corrected chi connectivity index (χ3v) is 7.39. The topological polar surface area (TPSA) is 153 Å². The van der Waals surface area contributed by atoms with E-state index >= 15 is 4.39 Å². The van der Waals surface area contributed by atoms with Crippen LogP contribution in [0.3, 0.4) is 0 Å². The normalized spacial score (nSPS) is 20.0. The number of hydrogen-bond acceptors (Lipinski definition) is 10. The molecule has 0 bridgehead atoms. The molecule has 2 aromatic carbocycles. The first-order valence-corrected chi connectivity index (χ1v) is 13.6. The van der Waals surface area contributed by atoms with E-state index in [0.29, 0.717) is 43.5 Å². The van der Waals surface area contributed by atoms with Gasteiger partial charge in [-0.2, -0.15) is 4.39 Å². The number of phenols is 1. The molecule has 1 aromatic heterocycles. The van der Waals surface area contributed by atoms with Crippen molar-refractivity contribution in [1.29, 1.82) is 5.41 Å². The lowest BCUT2D eigenvalue weighted by Gasteiger charge is -2.28. The number of carbonyl (C=O) groups excluding carboxylic acids is 1. The third-order valence-electron chi connectivity index (χ3n) is 7.39. The highest BCUT2D eigenvalue weighted by molar-refractivity contribution is 5.95. The first kappa shape index (κ1) is 29.7. The average molecular weight is 596 g/mol. The summed E-state index contributed by atoms with van der Waals surface area (Å²) in [7, 11) is 3.24. The van der Waals surface area contributed by atoms with Gasteiger partial charge in [0.1, 0.15) is 23.5 Å². The number of methoxy groups -OCH3 is 1. The van der Waals surface area contributed by atoms with Gasteiger partial charge in [0.15, 0.2) is 17.3 Å². The predicted octanol–water partition coefficient (Wildman–Crippen LogP) is 5.06. The molecule has 1 aliphatic heterocycles. The summed E-state index contributed by atoms with van der Waals surface area (Å²) >= 11 is 0. The minimum absolute atomic E-state index is 0.113. The second kappa shape index (κ2) is 12.6. The fourth-order valence-corrected chi connectivity index (χ4v) is 5.05. The molecule has 226 valence electrons. The molecular weight excluding hydrogens is 564 g/mol. The molecule has 1 saturated carbocycles. The lowest BCUT2D eigenvalue weighted by molar-refractivity contribution is -0.147. The van der Waals surface area contributed by atoms with Crippen molar-refractivity contribution in [3.63, 3.8) is 0 Å². The summed E-state index contributed by atoms with van der Waals surface area (Å²) in [6.45, 7) is 0.561. The second-order valence-electron chi connectivity index (χ2n) is 10.3. The van der Waals surface area contributed by atoms with Crippen molar-refractivity contribution in [3.05, 3.63) is 65.4 Å². The molecule has 43 heavy (non-hydrogen) atoms. The summed E-state index contributed by atoms with van der Waals surface area (Å²) in [5, 5.41) is 17.7. The van der Waals surface area contributed by atoms with Gasteiger partial charge < -0.3 is 29.8 Å². The molecule has 3 aromatic rings. The molecule has 4 N–H and O–H groups in total. The highest BCUT2D eigenvalue weighted by Gasteiger charge is 2.30. The highest BCUT2D eigenvalue weighted by Crippen LogP contribution is 2.41. The number of carbonyl (C=O) groups is 1. The number of pyridine rings is 1. The number of halogens is 2. The van der Waals surface area contributed by atoms with Gasteiger partial charge in [-0.3, -0.25) is 20.1 Å². The number of amidine groups is 1. The van der Waals surface area contributed by atoms with Crippen LogP contribution in [0.25, 0.3) is 0 Å². The summed E-state index contributed by atoms with van der Waals surface area (Å²) in [4.78, 5) is 22.0. The van der Waals surface area contributed by atoms with Crippen LogP contribution in [0.15, 0.2) is 47.6 Å². The summed E-state index contributed by atoms with van der Waals surface area (Å²) in [5.74, 6) is -4.34. The number of aromatic nitrogens is 1. The Hall–Kier alpha value is -4.78. The fraction of sp³-hybridized carbons (Fsp3) is 0.333. The monoisotopic (exact) mass is 595 g/mol. The number of benzene rings is 2. The number of aliphatic imine (C=N–C) groups is 1. The zero-order valence-corrected chi connectivity index (χ0v) is 23.5. The molecule has 0 spiro atoms. The van der Waals surface area contributed by atoms with Crippen molar-refractivity contribution in [2.24, 2.45) is 16.6 Å². The first-order valence-electron chi connectivity index (χ1n) is 13.6. The Morgan fingerprint density at radius 1 is 1.09 bits per heavy atom. The molecule has 11 nitrogen and oxygen atoms in total. The highest BCUT2D eigenvalue weighted by atomic mass is 19.1. The number of nitrogen functional groups attached to an aromatic ring is 1. The molecule has 0 amide bonds. The van der Waals surface area contributed by atoms with Crippen LogP contribution >= 0.6 is 0 Å². The van der Waals surface area contributed by atoms with E-state index in [1.54, 1.807) is 24.4 Å². The van der Waals surface area contributed by atoms with E-state index in [4.69, 9.17) is 30.1 Å². The van der Waals surface area contributed by atoms with E-state index in [1.165, 1.54) is 25.3 Å². The molecule has 5 rings (SSSR count). The lowest BCUT2D eigenvalue weighted by Crippen LogP contribution is -2.28. The maximum atomic E-state index is 15.6. The molecule has 1 aliphatic carbocycles. The number of nitrogens with two attached hydrogens (primary N) is 1. The van der Waals surface area contributed by atoms with Crippen LogP contribution in [0.4, 0.5) is 8.78 Å². The Balaban J connectivity index is 1.41. The van der Waals surface area contributed by atoms with Crippen molar-refractivity contribution < 1.29 is 37.6 Å². The number of phenolic OH excluding ortho intramolecular Hbond substituents is 1. The maximum Gasteiger partial charge on any atom is 0.308 e. The van der Waals surface area contributed by atoms with Crippen LogP contribution < -0.4 is 19.9 Å². The molecule has 0 saturated heterocycles. The Morgan fingerprint density at radius 2 is 1.86 bits per heavy atom. The Labute approximate surface area is 246 Å². The SMILES string of the molecule is COC(=O)C1CCC(Oc2ccc(Oc3c(F)cnc(Oc4cc(C(=N)N)ccc4O)c3F)c(C3N=CCN3C)c2)CC1. The second-order valence-corrected chi connectivity index (χ2v) is 10.3. The summed E-state index contributed by atoms with van der Waals surface area (Å²) in [5.41, 5.74) is 6.23. The zero-order valence-electron chi connectivity index (χ0n) is 23.5. The number of nitrogens with zero attached hydrogens (tertiary/aromatic N) is 3. The van der Waals surface area contributed by atoms with Gasteiger partial charge in [0, 0.05) is 23.9 Å². The van der Waals surface area contributed by atoms with Crippen LogP contribution in [0.1, 0.15) is 43.0 Å². The van der Waals surface area contributed by atoms with Crippen molar-refractivity contribution in [2.75, 3.05) is 20.7 Å². The van der Waals surface area contributed by atoms with Gasteiger partial charge in [-0.1, -0.05) is 0 Å². The van der Waals surface area contributed by atoms with Crippen molar-refractivity contribution >= 4 is 18.0 Å². The number of rotatable bonds is 9. The van der Waals surface area contributed by atoms with E-state index < -0.39 is 29.4 Å². The molecule has 2 heterocycles. The summed E-state index contributed by atoms with van der Waals surface area (Å²) in [6.07, 6.45) is 4.53. The van der Waals surface area contributed by atoms with Crippen molar-refractivity contribution in [2.45, 2.75) is 38.0 Å². The minimum Gasteiger partial charge on any atom is -0.504 e. The van der Waals surface area contributed by atoms with Gasteiger partial charge in [-0.25, -0.2) is 9.37 Å². The Kier molecular flexibility index (Phi) is 8.71. The van der Waals surface area contributed by atoms with E-state index in [9.17, 15) is 14.3 Å². The number of ether oxygens (including phenoxy) is 4. The van der Waals surface area contributed by atoms with E-state index in [0.717, 1.165) is 6.20 Å². The van der Waals surface area contributed by atoms with Crippen molar-refractivity contribution in [3.8, 4) is 34.6 Å². The quantitative estimate of drug-likeness (QED) is 0.175. The van der Waals surface area contributed by atoms with E-state index in [1.807, 2.05) is 11.9 Å². The van der Waals surface area contributed by atoms with Crippen LogP contribution in [0.5, 0.6) is 34.6 Å². The minimum atomic E-state index is -1.25. The van der Waals surface area contributed by atoms with Crippen LogP contribution in [0, 0.1) is 23.0 Å². The Bertz CT molecular complexity index is 1560. The van der Waals surface area contributed by atoms with Crippen LogP contribution in [0.2, 0.25) is 0 Å². The number of aromatic hydroxyl groups is 1. The van der Waals surface area contributed by atoms with Gasteiger partial charge in [-0.05, 0) is 69.1 Å². The van der Waals surface area contributed by atoms with Crippen LogP contribution in [-0.4, -0.2) is 59.8 Å². The number of hydrogen-bond donors (Lipinski definition) is 3. The van der Waals surface area contributed by atoms with Gasteiger partial charge in [0.2, 0.25) is 11.6 Å². The maximum absolute atomic E-state index is 15.6. The van der Waals surface area contributed by atoms with Gasteiger partial charge in [-0.15, -0.1) is 0 Å². The average Bonchev–Trinajstić information content (AvgIpc) is 3.43. The molecule has 1 unspecified atom stereocenters. The Morgan fingerprint density at radius 3 is 2.53 bits per heavy atom. The smallest absolute Gasteiger partial charge is 0.308 e. The molecular formula is C30H31F2N5O6. The first-order chi connectivity index (χ1) is 20.6. The van der Waals surface area contributed by atoms with Gasteiger partial charge in [0.25, 0.3) is 5.88 Å². The third kappa shape index (κ3) is 6.51. The molecule has 2 aliphatic rings. The van der Waals surface area contributed by atoms with E-state index in [2.05, 4.69) is 9.98 Å². The molecule has 0 radical (unpaired) electrons. The summed E-state index contributed by atoms with van der Waals surface area (Å²) < 4.78 is 52.8. The molecule has 1 fully saturated rings. The van der Waals surface area contributed by atoms with Crippen LogP contribution in [-0.2, 0) is 9.53 Å².